The van der Waals surface area contributed by atoms with Crippen LogP contribution in [0.4, 0.5) is 5.69 Å². The van der Waals surface area contributed by atoms with Crippen LogP contribution in [-0.2, 0) is 9.59 Å². The molecule has 1 saturated heterocycles. The van der Waals surface area contributed by atoms with Crippen molar-refractivity contribution in [1.29, 1.82) is 0 Å². The predicted molar refractivity (Wildman–Crippen MR) is 71.6 cm³/mol. The Morgan fingerprint density at radius 1 is 1.44 bits per heavy atom. The third kappa shape index (κ3) is 2.45. The molecule has 0 saturated carbocycles. The molecule has 0 unspecified atom stereocenters. The maximum absolute atomic E-state index is 12.3. The Hall–Kier alpha value is -1.64. The zero-order chi connectivity index (χ0) is 13.1. The highest BCUT2D eigenvalue weighted by atomic mass is 16.2. The van der Waals surface area contributed by atoms with Gasteiger partial charge in [-0.2, -0.15) is 0 Å². The van der Waals surface area contributed by atoms with Crippen molar-refractivity contribution in [3.05, 3.63) is 29.8 Å². The number of ketones is 1. The van der Waals surface area contributed by atoms with E-state index in [0.717, 1.165) is 24.2 Å². The van der Waals surface area contributed by atoms with Crippen molar-refractivity contribution in [2.75, 3.05) is 11.4 Å². The highest BCUT2D eigenvalue weighted by molar-refractivity contribution is 6.08. The molecule has 18 heavy (non-hydrogen) atoms. The van der Waals surface area contributed by atoms with Gasteiger partial charge in [-0.1, -0.05) is 19.1 Å². The van der Waals surface area contributed by atoms with E-state index in [9.17, 15) is 9.59 Å². The molecular weight excluding hydrogens is 226 g/mol. The van der Waals surface area contributed by atoms with E-state index >= 15 is 0 Å². The first kappa shape index (κ1) is 12.8. The van der Waals surface area contributed by atoms with Gasteiger partial charge in [-0.25, -0.2) is 0 Å². The highest BCUT2D eigenvalue weighted by Gasteiger charge is 2.33. The molecule has 0 radical (unpaired) electrons. The molecule has 1 amide bonds. The van der Waals surface area contributed by atoms with Crippen LogP contribution < -0.4 is 4.90 Å². The lowest BCUT2D eigenvalue weighted by Crippen LogP contribution is -2.44. The maximum atomic E-state index is 12.3. The fourth-order valence-corrected chi connectivity index (χ4v) is 2.47. The van der Waals surface area contributed by atoms with Crippen LogP contribution >= 0.6 is 0 Å². The van der Waals surface area contributed by atoms with E-state index in [1.165, 1.54) is 0 Å². The fourth-order valence-electron chi connectivity index (χ4n) is 2.47. The van der Waals surface area contributed by atoms with Crippen molar-refractivity contribution in [3.8, 4) is 0 Å². The quantitative estimate of drug-likeness (QED) is 0.768. The zero-order valence-corrected chi connectivity index (χ0v) is 11.0. The largest absolute Gasteiger partial charge is 0.312 e. The minimum absolute atomic E-state index is 0.0290. The van der Waals surface area contributed by atoms with Gasteiger partial charge >= 0.3 is 0 Å². The Bertz CT molecular complexity index is 467. The Kier molecular flexibility index (Phi) is 3.80. The average Bonchev–Trinajstić information content (AvgIpc) is 2.38. The Balaban J connectivity index is 2.23. The average molecular weight is 245 g/mol. The van der Waals surface area contributed by atoms with Gasteiger partial charge in [0.15, 0.2) is 0 Å². The lowest BCUT2D eigenvalue weighted by molar-refractivity contribution is -0.133. The number of hydrogen-bond donors (Lipinski definition) is 0. The maximum Gasteiger partial charge on any atom is 0.237 e. The molecule has 2 rings (SSSR count). The van der Waals surface area contributed by atoms with Crippen molar-refractivity contribution in [2.24, 2.45) is 5.92 Å². The summed E-state index contributed by atoms with van der Waals surface area (Å²) in [6.07, 6.45) is 2.04. The van der Waals surface area contributed by atoms with Crippen molar-refractivity contribution >= 4 is 17.4 Å². The summed E-state index contributed by atoms with van der Waals surface area (Å²) in [7, 11) is 0. The fraction of sp³-hybridized carbons (Fsp3) is 0.467. The smallest absolute Gasteiger partial charge is 0.237 e. The van der Waals surface area contributed by atoms with Crippen molar-refractivity contribution in [3.63, 3.8) is 0 Å². The number of carbonyl (C=O) groups excluding carboxylic acids is 2. The summed E-state index contributed by atoms with van der Waals surface area (Å²) in [5, 5.41) is 0. The number of hydrogen-bond acceptors (Lipinski definition) is 2. The number of anilines is 1. The van der Waals surface area contributed by atoms with Gasteiger partial charge in [0, 0.05) is 18.7 Å². The molecule has 1 heterocycles. The first-order valence-electron chi connectivity index (χ1n) is 6.54. The number of carbonyl (C=O) groups is 2. The van der Waals surface area contributed by atoms with Crippen LogP contribution in [0.15, 0.2) is 24.3 Å². The summed E-state index contributed by atoms with van der Waals surface area (Å²) in [5.41, 5.74) is 2.04. The number of benzene rings is 1. The van der Waals surface area contributed by atoms with Gasteiger partial charge in [0.2, 0.25) is 5.91 Å². The molecular formula is C15H19NO2. The van der Waals surface area contributed by atoms with E-state index in [1.54, 1.807) is 4.90 Å². The van der Waals surface area contributed by atoms with Crippen molar-refractivity contribution < 1.29 is 9.59 Å². The molecule has 3 heteroatoms. The molecule has 1 fully saturated rings. The molecule has 3 nitrogen and oxygen atoms in total. The summed E-state index contributed by atoms with van der Waals surface area (Å²) < 4.78 is 0. The van der Waals surface area contributed by atoms with Crippen LogP contribution in [0, 0.1) is 12.8 Å². The monoisotopic (exact) mass is 245 g/mol. The lowest BCUT2D eigenvalue weighted by atomic mass is 9.91. The summed E-state index contributed by atoms with van der Waals surface area (Å²) in [6, 6.07) is 7.89. The number of rotatable bonds is 3. The summed E-state index contributed by atoms with van der Waals surface area (Å²) in [6.45, 7) is 4.55. The summed E-state index contributed by atoms with van der Waals surface area (Å²) in [5.74, 6) is -0.389. The van der Waals surface area contributed by atoms with E-state index in [4.69, 9.17) is 0 Å². The normalized spacial score (nSPS) is 20.0. The van der Waals surface area contributed by atoms with Crippen LogP contribution in [-0.4, -0.2) is 18.2 Å². The predicted octanol–water partition coefficient (Wildman–Crippen LogP) is 2.72. The molecule has 0 aliphatic carbocycles. The van der Waals surface area contributed by atoms with Gasteiger partial charge in [0.1, 0.15) is 5.78 Å². The molecule has 0 N–H and O–H groups in total. The van der Waals surface area contributed by atoms with Gasteiger partial charge < -0.3 is 4.90 Å². The number of nitrogens with zero attached hydrogens (tertiary/aromatic N) is 1. The first-order chi connectivity index (χ1) is 8.63. The standard InChI is InChI=1S/C15H19NO2/c1-3-14(17)13-8-5-9-16(15(13)18)12-7-4-6-11(2)10-12/h4,6-7,10,13H,3,5,8-9H2,1-2H3/t13-/m1/s1. The third-order valence-electron chi connectivity index (χ3n) is 3.49. The molecule has 1 aliphatic rings. The Labute approximate surface area is 108 Å². The van der Waals surface area contributed by atoms with Gasteiger partial charge in [-0.3, -0.25) is 9.59 Å². The highest BCUT2D eigenvalue weighted by Crippen LogP contribution is 2.26. The van der Waals surface area contributed by atoms with Crippen molar-refractivity contribution in [2.45, 2.75) is 33.1 Å². The van der Waals surface area contributed by atoms with Crippen LogP contribution in [0.5, 0.6) is 0 Å². The van der Waals surface area contributed by atoms with E-state index in [-0.39, 0.29) is 11.7 Å². The third-order valence-corrected chi connectivity index (χ3v) is 3.49. The van der Waals surface area contributed by atoms with Gasteiger partial charge in [-0.15, -0.1) is 0 Å². The lowest BCUT2D eigenvalue weighted by Gasteiger charge is -2.31. The molecule has 1 aromatic carbocycles. The molecule has 1 atom stereocenters. The van der Waals surface area contributed by atoms with E-state index in [0.29, 0.717) is 12.8 Å². The van der Waals surface area contributed by atoms with Crippen LogP contribution in [0.25, 0.3) is 0 Å². The van der Waals surface area contributed by atoms with Gasteiger partial charge in [-0.05, 0) is 37.5 Å². The molecule has 0 spiro atoms. The summed E-state index contributed by atoms with van der Waals surface area (Å²) in [4.78, 5) is 25.9. The SMILES string of the molecule is CCC(=O)[C@H]1CCCN(c2cccc(C)c2)C1=O. The van der Waals surface area contributed by atoms with Crippen LogP contribution in [0.1, 0.15) is 31.7 Å². The first-order valence-corrected chi connectivity index (χ1v) is 6.54. The van der Waals surface area contributed by atoms with Gasteiger partial charge in [0.25, 0.3) is 0 Å². The number of piperidine rings is 1. The molecule has 96 valence electrons. The number of amides is 1. The van der Waals surface area contributed by atoms with Crippen molar-refractivity contribution in [1.82, 2.24) is 0 Å². The van der Waals surface area contributed by atoms with E-state index in [1.807, 2.05) is 38.1 Å². The molecule has 0 bridgehead atoms. The molecule has 1 aliphatic heterocycles. The minimum Gasteiger partial charge on any atom is -0.312 e. The second kappa shape index (κ2) is 5.34. The Morgan fingerprint density at radius 3 is 2.89 bits per heavy atom. The van der Waals surface area contributed by atoms with Crippen LogP contribution in [0.2, 0.25) is 0 Å². The summed E-state index contributed by atoms with van der Waals surface area (Å²) >= 11 is 0. The zero-order valence-electron chi connectivity index (χ0n) is 11.0. The van der Waals surface area contributed by atoms with Gasteiger partial charge in [0.05, 0.1) is 5.92 Å². The van der Waals surface area contributed by atoms with Crippen LogP contribution in [0.3, 0.4) is 0 Å². The second-order valence-electron chi connectivity index (χ2n) is 4.84. The topological polar surface area (TPSA) is 37.4 Å². The number of aryl methyl sites for hydroxylation is 1. The minimum atomic E-state index is -0.427. The Morgan fingerprint density at radius 2 is 2.22 bits per heavy atom. The molecule has 0 aromatic heterocycles. The molecule has 1 aromatic rings. The van der Waals surface area contributed by atoms with E-state index < -0.39 is 5.92 Å². The second-order valence-corrected chi connectivity index (χ2v) is 4.84. The van der Waals surface area contributed by atoms with E-state index in [2.05, 4.69) is 0 Å². The number of Topliss-reactive ketones (excluding diaryl/α,β-unsaturated/α-hetero) is 1.